The van der Waals surface area contributed by atoms with E-state index >= 15 is 0 Å². The van der Waals surface area contributed by atoms with Crippen molar-refractivity contribution < 1.29 is 0 Å². The van der Waals surface area contributed by atoms with Crippen LogP contribution in [0.1, 0.15) is 44.1 Å². The lowest BCUT2D eigenvalue weighted by atomic mass is 10.1. The predicted molar refractivity (Wildman–Crippen MR) is 92.0 cm³/mol. The van der Waals surface area contributed by atoms with Crippen LogP contribution >= 0.6 is 15.9 Å². The van der Waals surface area contributed by atoms with Gasteiger partial charge in [-0.25, -0.2) is 4.68 Å². The number of aryl methyl sites for hydroxylation is 2. The minimum atomic E-state index is 0.868. The number of benzene rings is 1. The van der Waals surface area contributed by atoms with Crippen molar-refractivity contribution >= 4 is 15.9 Å². The Bertz CT molecular complexity index is 590. The molecule has 1 heterocycles. The van der Waals surface area contributed by atoms with E-state index in [0.717, 1.165) is 42.5 Å². The number of hydrogen-bond donors (Lipinski definition) is 1. The second-order valence-electron chi connectivity index (χ2n) is 5.20. The molecule has 3 nitrogen and oxygen atoms in total. The summed E-state index contributed by atoms with van der Waals surface area (Å²) in [6, 6.07) is 8.64. The Hall–Kier alpha value is -1.13. The van der Waals surface area contributed by atoms with Gasteiger partial charge in [0, 0.05) is 16.7 Å². The zero-order chi connectivity index (χ0) is 15.2. The van der Waals surface area contributed by atoms with Crippen LogP contribution in [0, 0.1) is 0 Å². The van der Waals surface area contributed by atoms with Crippen LogP contribution in [-0.2, 0) is 19.4 Å². The summed E-state index contributed by atoms with van der Waals surface area (Å²) in [5.74, 6) is 0. The van der Waals surface area contributed by atoms with Crippen molar-refractivity contribution in [3.63, 3.8) is 0 Å². The Morgan fingerprint density at radius 3 is 2.62 bits per heavy atom. The highest BCUT2D eigenvalue weighted by Gasteiger charge is 2.11. The van der Waals surface area contributed by atoms with Crippen LogP contribution in [0.2, 0.25) is 0 Å². The van der Waals surface area contributed by atoms with Crippen LogP contribution in [0.3, 0.4) is 0 Å². The first-order valence-electron chi connectivity index (χ1n) is 7.76. The molecule has 2 rings (SSSR count). The van der Waals surface area contributed by atoms with E-state index in [1.165, 1.54) is 16.9 Å². The summed E-state index contributed by atoms with van der Waals surface area (Å²) in [5, 5.41) is 8.25. The molecule has 0 spiro atoms. The minimum Gasteiger partial charge on any atom is -0.313 e. The molecule has 4 heteroatoms. The van der Waals surface area contributed by atoms with Gasteiger partial charge in [-0.2, -0.15) is 5.10 Å². The molecule has 21 heavy (non-hydrogen) atoms. The molecule has 0 saturated heterocycles. The van der Waals surface area contributed by atoms with Gasteiger partial charge >= 0.3 is 0 Å². The summed E-state index contributed by atoms with van der Waals surface area (Å²) < 4.78 is 3.22. The lowest BCUT2D eigenvalue weighted by Crippen LogP contribution is -2.16. The van der Waals surface area contributed by atoms with Gasteiger partial charge in [-0.15, -0.1) is 0 Å². The highest BCUT2D eigenvalue weighted by molar-refractivity contribution is 9.10. The maximum absolute atomic E-state index is 4.76. The predicted octanol–water partition coefficient (Wildman–Crippen LogP) is 4.26. The van der Waals surface area contributed by atoms with Crippen LogP contribution < -0.4 is 5.32 Å². The van der Waals surface area contributed by atoms with Crippen molar-refractivity contribution in [3.05, 3.63) is 45.7 Å². The number of nitrogens with one attached hydrogen (secondary N) is 1. The zero-order valence-corrected chi connectivity index (χ0v) is 14.7. The lowest BCUT2D eigenvalue weighted by molar-refractivity contribution is 0.667. The third kappa shape index (κ3) is 3.95. The average Bonchev–Trinajstić information content (AvgIpc) is 2.91. The van der Waals surface area contributed by atoms with Crippen LogP contribution in [0.25, 0.3) is 5.69 Å². The molecule has 0 aliphatic rings. The number of aromatic nitrogens is 2. The van der Waals surface area contributed by atoms with E-state index in [-0.39, 0.29) is 0 Å². The Morgan fingerprint density at radius 2 is 1.95 bits per heavy atom. The fraction of sp³-hybridized carbons (Fsp3) is 0.471. The molecule has 0 amide bonds. The van der Waals surface area contributed by atoms with Crippen LogP contribution in [0.15, 0.2) is 28.7 Å². The van der Waals surface area contributed by atoms with Crippen molar-refractivity contribution in [2.75, 3.05) is 6.54 Å². The second-order valence-corrected chi connectivity index (χ2v) is 6.11. The molecule has 0 bridgehead atoms. The molecule has 2 aromatic rings. The molecule has 0 radical (unpaired) electrons. The minimum absolute atomic E-state index is 0.868. The van der Waals surface area contributed by atoms with E-state index in [9.17, 15) is 0 Å². The van der Waals surface area contributed by atoms with E-state index < -0.39 is 0 Å². The SMILES string of the molecule is CCCNCc1cc(Br)ccc1-n1nc(CC)cc1CC. The Morgan fingerprint density at radius 1 is 1.14 bits per heavy atom. The summed E-state index contributed by atoms with van der Waals surface area (Å²) in [4.78, 5) is 0. The standard InChI is InChI=1S/C17H24BrN3/c1-4-9-19-12-13-10-14(18)7-8-17(13)21-16(6-3)11-15(5-2)20-21/h7-8,10-11,19H,4-6,9,12H2,1-3H3. The van der Waals surface area contributed by atoms with Gasteiger partial charge in [0.2, 0.25) is 0 Å². The van der Waals surface area contributed by atoms with E-state index in [0.29, 0.717) is 0 Å². The summed E-state index contributed by atoms with van der Waals surface area (Å²) in [7, 11) is 0. The Balaban J connectivity index is 2.40. The molecule has 0 aliphatic heterocycles. The van der Waals surface area contributed by atoms with Crippen molar-refractivity contribution in [3.8, 4) is 5.69 Å². The molecule has 1 aromatic heterocycles. The summed E-state index contributed by atoms with van der Waals surface area (Å²) >= 11 is 3.57. The van der Waals surface area contributed by atoms with Crippen LogP contribution in [0.4, 0.5) is 0 Å². The summed E-state index contributed by atoms with van der Waals surface area (Å²) in [6.45, 7) is 8.42. The summed E-state index contributed by atoms with van der Waals surface area (Å²) in [5.41, 5.74) is 4.88. The number of nitrogens with zero attached hydrogens (tertiary/aromatic N) is 2. The van der Waals surface area contributed by atoms with Gasteiger partial charge in [-0.1, -0.05) is 36.7 Å². The molecule has 0 atom stereocenters. The number of rotatable bonds is 7. The molecular weight excluding hydrogens is 326 g/mol. The van der Waals surface area contributed by atoms with Gasteiger partial charge < -0.3 is 5.32 Å². The maximum Gasteiger partial charge on any atom is 0.0694 e. The highest BCUT2D eigenvalue weighted by Crippen LogP contribution is 2.22. The third-order valence-corrected chi connectivity index (χ3v) is 4.06. The molecule has 0 saturated carbocycles. The second kappa shape index (κ2) is 7.76. The van der Waals surface area contributed by atoms with Crippen LogP contribution in [0.5, 0.6) is 0 Å². The van der Waals surface area contributed by atoms with Crippen molar-refractivity contribution in [1.82, 2.24) is 15.1 Å². The Labute approximate surface area is 135 Å². The van der Waals surface area contributed by atoms with E-state index in [2.05, 4.69) is 71.0 Å². The van der Waals surface area contributed by atoms with E-state index in [4.69, 9.17) is 5.10 Å². The maximum atomic E-state index is 4.76. The molecule has 0 unspecified atom stereocenters. The number of hydrogen-bond acceptors (Lipinski definition) is 2. The first-order valence-corrected chi connectivity index (χ1v) is 8.56. The fourth-order valence-corrected chi connectivity index (χ4v) is 2.82. The van der Waals surface area contributed by atoms with Gasteiger partial charge in [0.1, 0.15) is 0 Å². The van der Waals surface area contributed by atoms with Crippen molar-refractivity contribution in [2.45, 2.75) is 46.6 Å². The topological polar surface area (TPSA) is 29.9 Å². The van der Waals surface area contributed by atoms with Crippen molar-refractivity contribution in [2.24, 2.45) is 0 Å². The molecule has 0 fully saturated rings. The molecule has 0 aliphatic carbocycles. The molecule has 1 aromatic carbocycles. The first-order chi connectivity index (χ1) is 10.2. The quantitative estimate of drug-likeness (QED) is 0.756. The molecular formula is C17H24BrN3. The normalized spacial score (nSPS) is 11.0. The van der Waals surface area contributed by atoms with Gasteiger partial charge in [-0.05, 0) is 55.6 Å². The average molecular weight is 350 g/mol. The molecule has 1 N–H and O–H groups in total. The monoisotopic (exact) mass is 349 g/mol. The van der Waals surface area contributed by atoms with Gasteiger partial charge in [0.25, 0.3) is 0 Å². The lowest BCUT2D eigenvalue weighted by Gasteiger charge is -2.13. The highest BCUT2D eigenvalue weighted by atomic mass is 79.9. The van der Waals surface area contributed by atoms with Gasteiger partial charge in [-0.3, -0.25) is 0 Å². The smallest absolute Gasteiger partial charge is 0.0694 e. The van der Waals surface area contributed by atoms with Crippen LogP contribution in [-0.4, -0.2) is 16.3 Å². The molecule has 114 valence electrons. The van der Waals surface area contributed by atoms with Crippen molar-refractivity contribution in [1.29, 1.82) is 0 Å². The van der Waals surface area contributed by atoms with Gasteiger partial charge in [0.15, 0.2) is 0 Å². The zero-order valence-electron chi connectivity index (χ0n) is 13.1. The number of halogens is 1. The van der Waals surface area contributed by atoms with E-state index in [1.54, 1.807) is 0 Å². The third-order valence-electron chi connectivity index (χ3n) is 3.57. The first kappa shape index (κ1) is 16.2. The van der Waals surface area contributed by atoms with Gasteiger partial charge in [0.05, 0.1) is 11.4 Å². The Kier molecular flexibility index (Phi) is 6.00. The fourth-order valence-electron chi connectivity index (χ4n) is 2.41. The van der Waals surface area contributed by atoms with E-state index in [1.807, 2.05) is 0 Å². The summed E-state index contributed by atoms with van der Waals surface area (Å²) in [6.07, 6.45) is 3.11. The largest absolute Gasteiger partial charge is 0.313 e.